The highest BCUT2D eigenvalue weighted by Gasteiger charge is 2.14. The van der Waals surface area contributed by atoms with Crippen LogP contribution in [0.5, 0.6) is 11.5 Å². The van der Waals surface area contributed by atoms with Crippen molar-refractivity contribution in [3.63, 3.8) is 0 Å². The number of hydrogen-bond donors (Lipinski definition) is 1. The van der Waals surface area contributed by atoms with Gasteiger partial charge < -0.3 is 14.8 Å². The Hall–Kier alpha value is -3.26. The van der Waals surface area contributed by atoms with Gasteiger partial charge in [0.25, 0.3) is 0 Å². The molecule has 2 aromatic carbocycles. The molecule has 1 amide bonds. The number of ether oxygens (including phenoxy) is 2. The summed E-state index contributed by atoms with van der Waals surface area (Å²) < 4.78 is 12.8. The van der Waals surface area contributed by atoms with Crippen LogP contribution in [0.15, 0.2) is 72.4 Å². The van der Waals surface area contributed by atoms with Crippen molar-refractivity contribution in [2.24, 2.45) is 0 Å². The molecule has 0 atom stereocenters. The summed E-state index contributed by atoms with van der Waals surface area (Å²) in [4.78, 5) is 12.3. The lowest BCUT2D eigenvalue weighted by Crippen LogP contribution is -2.15. The van der Waals surface area contributed by atoms with Gasteiger partial charge in [-0.05, 0) is 36.4 Å². The highest BCUT2D eigenvalue weighted by atomic mass is 32.2. The summed E-state index contributed by atoms with van der Waals surface area (Å²) in [5.41, 5.74) is 0.709. The summed E-state index contributed by atoms with van der Waals surface area (Å²) in [6.45, 7) is 4.60. The third kappa shape index (κ3) is 5.86. The van der Waals surface area contributed by atoms with Crippen LogP contribution in [0.3, 0.4) is 0 Å². The number of nitrogens with one attached hydrogen (secondary N) is 1. The number of aromatic nitrogens is 3. The molecule has 0 radical (unpaired) electrons. The van der Waals surface area contributed by atoms with Crippen LogP contribution in [0.1, 0.15) is 5.82 Å². The number of hydrogen-bond acceptors (Lipinski definition) is 6. The molecule has 3 rings (SSSR count). The molecule has 0 aliphatic carbocycles. The Morgan fingerprint density at radius 2 is 1.90 bits per heavy atom. The zero-order valence-electron chi connectivity index (χ0n) is 16.1. The van der Waals surface area contributed by atoms with Gasteiger partial charge in [-0.25, -0.2) is 0 Å². The molecule has 1 aromatic heterocycles. The Morgan fingerprint density at radius 1 is 1.14 bits per heavy atom. The molecule has 0 spiro atoms. The lowest BCUT2D eigenvalue weighted by molar-refractivity contribution is -0.113. The van der Waals surface area contributed by atoms with Gasteiger partial charge in [0.2, 0.25) is 5.91 Å². The van der Waals surface area contributed by atoms with E-state index in [1.165, 1.54) is 11.8 Å². The summed E-state index contributed by atoms with van der Waals surface area (Å²) in [5.74, 6) is 2.25. The van der Waals surface area contributed by atoms with Gasteiger partial charge in [-0.2, -0.15) is 0 Å². The van der Waals surface area contributed by atoms with E-state index in [1.807, 2.05) is 34.9 Å². The molecule has 3 aromatic rings. The average molecular weight is 410 g/mol. The predicted molar refractivity (Wildman–Crippen MR) is 113 cm³/mol. The van der Waals surface area contributed by atoms with E-state index in [2.05, 4.69) is 22.1 Å². The van der Waals surface area contributed by atoms with Crippen LogP contribution >= 0.6 is 11.8 Å². The third-order valence-corrected chi connectivity index (χ3v) is 4.89. The van der Waals surface area contributed by atoms with Gasteiger partial charge in [0.15, 0.2) is 11.0 Å². The maximum absolute atomic E-state index is 12.3. The number of nitrogens with zero attached hydrogens (tertiary/aromatic N) is 3. The molecular weight excluding hydrogens is 388 g/mol. The molecule has 0 aliphatic rings. The van der Waals surface area contributed by atoms with E-state index in [1.54, 1.807) is 37.5 Å². The number of para-hydroxylation sites is 1. The van der Waals surface area contributed by atoms with E-state index in [0.29, 0.717) is 23.2 Å². The van der Waals surface area contributed by atoms with Crippen molar-refractivity contribution in [3.8, 4) is 11.5 Å². The van der Waals surface area contributed by atoms with Crippen molar-refractivity contribution in [2.45, 2.75) is 18.3 Å². The maximum atomic E-state index is 12.3. The lowest BCUT2D eigenvalue weighted by Gasteiger charge is -2.09. The van der Waals surface area contributed by atoms with E-state index in [9.17, 15) is 4.79 Å². The highest BCUT2D eigenvalue weighted by molar-refractivity contribution is 7.99. The smallest absolute Gasteiger partial charge is 0.234 e. The number of allylic oxidation sites excluding steroid dienone is 1. The fraction of sp³-hybridized carbons (Fsp3) is 0.190. The first-order valence-electron chi connectivity index (χ1n) is 8.97. The van der Waals surface area contributed by atoms with Crippen molar-refractivity contribution >= 4 is 23.4 Å². The first-order chi connectivity index (χ1) is 14.2. The standard InChI is InChI=1S/C21H22N4O3S/c1-3-13-25-19(14-28-18-7-5-4-6-8-18)23-24-21(25)29-15-20(26)22-16-9-11-17(27-2)12-10-16/h3-12H,1,13-15H2,2H3,(H,22,26). The van der Waals surface area contributed by atoms with E-state index in [0.717, 1.165) is 11.5 Å². The van der Waals surface area contributed by atoms with Crippen LogP contribution < -0.4 is 14.8 Å². The number of benzene rings is 2. The minimum Gasteiger partial charge on any atom is -0.497 e. The van der Waals surface area contributed by atoms with Gasteiger partial charge in [0.1, 0.15) is 18.1 Å². The van der Waals surface area contributed by atoms with Crippen LogP contribution in [0.4, 0.5) is 5.69 Å². The van der Waals surface area contributed by atoms with Crippen LogP contribution in [0.25, 0.3) is 0 Å². The molecule has 0 bridgehead atoms. The Kier molecular flexibility index (Phi) is 7.29. The molecule has 0 saturated heterocycles. The van der Waals surface area contributed by atoms with Crippen molar-refractivity contribution in [1.82, 2.24) is 14.8 Å². The molecule has 1 N–H and O–H groups in total. The second-order valence-corrected chi connectivity index (χ2v) is 6.91. The van der Waals surface area contributed by atoms with Crippen LogP contribution in [-0.4, -0.2) is 33.5 Å². The summed E-state index contributed by atoms with van der Waals surface area (Å²) in [7, 11) is 1.60. The number of thioether (sulfide) groups is 1. The molecule has 0 aliphatic heterocycles. The molecule has 150 valence electrons. The fourth-order valence-electron chi connectivity index (χ4n) is 2.51. The molecule has 1 heterocycles. The van der Waals surface area contributed by atoms with E-state index >= 15 is 0 Å². The van der Waals surface area contributed by atoms with Gasteiger partial charge in [0.05, 0.1) is 12.9 Å². The predicted octanol–water partition coefficient (Wildman–Crippen LogP) is 3.78. The molecule has 29 heavy (non-hydrogen) atoms. The van der Waals surface area contributed by atoms with Gasteiger partial charge >= 0.3 is 0 Å². The van der Waals surface area contributed by atoms with Crippen molar-refractivity contribution in [3.05, 3.63) is 73.1 Å². The van der Waals surface area contributed by atoms with Gasteiger partial charge in [-0.1, -0.05) is 36.0 Å². The zero-order chi connectivity index (χ0) is 20.5. The summed E-state index contributed by atoms with van der Waals surface area (Å²) >= 11 is 1.31. The number of amides is 1. The molecule has 8 heteroatoms. The number of carbonyl (C=O) groups excluding carboxylic acids is 1. The van der Waals surface area contributed by atoms with Crippen LogP contribution in [0.2, 0.25) is 0 Å². The topological polar surface area (TPSA) is 78.3 Å². The van der Waals surface area contributed by atoms with E-state index < -0.39 is 0 Å². The minimum atomic E-state index is -0.129. The number of anilines is 1. The monoisotopic (exact) mass is 410 g/mol. The third-order valence-electron chi connectivity index (χ3n) is 3.92. The summed E-state index contributed by atoms with van der Waals surface area (Å²) in [5, 5.41) is 11.9. The number of carbonyl (C=O) groups is 1. The quantitative estimate of drug-likeness (QED) is 0.405. The first kappa shape index (κ1) is 20.5. The van der Waals surface area contributed by atoms with Crippen molar-refractivity contribution in [2.75, 3.05) is 18.2 Å². The second kappa shape index (κ2) is 10.3. The summed E-state index contributed by atoms with van der Waals surface area (Å²) in [6.07, 6.45) is 1.76. The number of methoxy groups -OCH3 is 1. The Bertz CT molecular complexity index is 942. The average Bonchev–Trinajstić information content (AvgIpc) is 3.14. The normalized spacial score (nSPS) is 10.4. The largest absolute Gasteiger partial charge is 0.497 e. The van der Waals surface area contributed by atoms with Crippen molar-refractivity contribution < 1.29 is 14.3 Å². The molecule has 0 fully saturated rings. The SMILES string of the molecule is C=CCn1c(COc2ccccc2)nnc1SCC(=O)Nc1ccc(OC)cc1. The fourth-order valence-corrected chi connectivity index (χ4v) is 3.28. The Morgan fingerprint density at radius 3 is 2.59 bits per heavy atom. The maximum Gasteiger partial charge on any atom is 0.234 e. The molecule has 0 saturated carbocycles. The Balaban J connectivity index is 1.58. The molecule has 0 unspecified atom stereocenters. The van der Waals surface area contributed by atoms with Gasteiger partial charge in [-0.15, -0.1) is 16.8 Å². The second-order valence-electron chi connectivity index (χ2n) is 5.97. The molecule has 7 nitrogen and oxygen atoms in total. The minimum absolute atomic E-state index is 0.129. The summed E-state index contributed by atoms with van der Waals surface area (Å²) in [6, 6.07) is 16.7. The molecular formula is C21H22N4O3S. The van der Waals surface area contributed by atoms with Gasteiger partial charge in [-0.3, -0.25) is 9.36 Å². The first-order valence-corrected chi connectivity index (χ1v) is 9.95. The van der Waals surface area contributed by atoms with Crippen molar-refractivity contribution in [1.29, 1.82) is 0 Å². The van der Waals surface area contributed by atoms with E-state index in [-0.39, 0.29) is 18.3 Å². The lowest BCUT2D eigenvalue weighted by atomic mass is 10.3. The van der Waals surface area contributed by atoms with Crippen LogP contribution in [0, 0.1) is 0 Å². The van der Waals surface area contributed by atoms with E-state index in [4.69, 9.17) is 9.47 Å². The number of rotatable bonds is 10. The van der Waals surface area contributed by atoms with Crippen LogP contribution in [-0.2, 0) is 17.9 Å². The highest BCUT2D eigenvalue weighted by Crippen LogP contribution is 2.20. The van der Waals surface area contributed by atoms with Gasteiger partial charge in [0, 0.05) is 12.2 Å². The Labute approximate surface area is 173 Å². The zero-order valence-corrected chi connectivity index (χ0v) is 16.9.